The van der Waals surface area contributed by atoms with Gasteiger partial charge >= 0.3 is 0 Å². The Morgan fingerprint density at radius 3 is 3.11 bits per heavy atom. The van der Waals surface area contributed by atoms with E-state index in [1.54, 1.807) is 17.7 Å². The molecule has 5 heteroatoms. The van der Waals surface area contributed by atoms with E-state index in [0.29, 0.717) is 12.0 Å². The molecule has 2 aromatic rings. The Bertz CT molecular complexity index is 569. The average Bonchev–Trinajstić information content (AvgIpc) is 3.04. The lowest BCUT2D eigenvalue weighted by molar-refractivity contribution is 0.561. The van der Waals surface area contributed by atoms with Crippen LogP contribution in [0.5, 0.6) is 0 Å². The predicted octanol–water partition coefficient (Wildman–Crippen LogP) is 4.07. The number of thiophene rings is 1. The maximum absolute atomic E-state index is 6.04. The lowest BCUT2D eigenvalue weighted by Gasteiger charge is -2.19. The normalized spacial score (nSPS) is 23.1. The minimum absolute atomic E-state index is 0.459. The zero-order valence-electron chi connectivity index (χ0n) is 11.0. The molecule has 19 heavy (non-hydrogen) atoms. The topological polar surface area (TPSA) is 37.8 Å². The quantitative estimate of drug-likeness (QED) is 0.864. The van der Waals surface area contributed by atoms with Gasteiger partial charge in [0.05, 0.1) is 5.39 Å². The van der Waals surface area contributed by atoms with Crippen molar-refractivity contribution >= 4 is 39.0 Å². The van der Waals surface area contributed by atoms with Gasteiger partial charge in [-0.2, -0.15) is 0 Å². The zero-order valence-corrected chi connectivity index (χ0v) is 12.6. The number of rotatable bonds is 4. The fourth-order valence-electron chi connectivity index (χ4n) is 2.78. The number of hydrogen-bond acceptors (Lipinski definition) is 4. The Labute approximate surface area is 122 Å². The summed E-state index contributed by atoms with van der Waals surface area (Å²) in [6.07, 6.45) is 6.37. The highest BCUT2D eigenvalue weighted by Gasteiger charge is 2.27. The summed E-state index contributed by atoms with van der Waals surface area (Å²) in [6, 6.07) is 2.67. The fourth-order valence-corrected chi connectivity index (χ4v) is 4.09. The molecule has 2 aromatic heterocycles. The van der Waals surface area contributed by atoms with Crippen LogP contribution in [0.4, 0.5) is 5.82 Å². The third kappa shape index (κ3) is 2.56. The van der Waals surface area contributed by atoms with Crippen molar-refractivity contribution in [2.45, 2.75) is 38.6 Å². The van der Waals surface area contributed by atoms with Gasteiger partial charge in [-0.15, -0.1) is 22.9 Å². The van der Waals surface area contributed by atoms with Crippen molar-refractivity contribution in [3.63, 3.8) is 0 Å². The molecule has 2 atom stereocenters. The monoisotopic (exact) mass is 295 g/mol. The van der Waals surface area contributed by atoms with Gasteiger partial charge < -0.3 is 5.32 Å². The lowest BCUT2D eigenvalue weighted by atomic mass is 10.1. The Balaban J connectivity index is 1.89. The van der Waals surface area contributed by atoms with Crippen LogP contribution in [0.25, 0.3) is 10.2 Å². The molecular weight excluding hydrogens is 278 g/mol. The van der Waals surface area contributed by atoms with Gasteiger partial charge in [-0.3, -0.25) is 0 Å². The van der Waals surface area contributed by atoms with Gasteiger partial charge in [0.15, 0.2) is 0 Å². The van der Waals surface area contributed by atoms with Crippen LogP contribution in [-0.4, -0.2) is 21.9 Å². The molecule has 1 aliphatic rings. The summed E-state index contributed by atoms with van der Waals surface area (Å²) in [5, 5.41) is 4.75. The highest BCUT2D eigenvalue weighted by molar-refractivity contribution is 7.18. The highest BCUT2D eigenvalue weighted by Crippen LogP contribution is 2.33. The summed E-state index contributed by atoms with van der Waals surface area (Å²) >= 11 is 7.80. The van der Waals surface area contributed by atoms with Gasteiger partial charge in [0.1, 0.15) is 17.0 Å². The minimum Gasteiger partial charge on any atom is -0.366 e. The standard InChI is InChI=1S/C14H18ClN3S/c1-2-10-6-11-13(16-8-17-14(11)19-10)18-12-5-3-4-9(12)7-15/h6,8-9,12H,2-5,7H2,1H3,(H,16,17,18). The molecule has 1 fully saturated rings. The van der Waals surface area contributed by atoms with E-state index in [2.05, 4.69) is 28.3 Å². The molecule has 3 rings (SSSR count). The molecule has 2 heterocycles. The van der Waals surface area contributed by atoms with E-state index >= 15 is 0 Å². The predicted molar refractivity (Wildman–Crippen MR) is 82.3 cm³/mol. The van der Waals surface area contributed by atoms with Crippen molar-refractivity contribution in [3.8, 4) is 0 Å². The molecule has 0 spiro atoms. The molecule has 1 saturated carbocycles. The molecule has 0 saturated heterocycles. The van der Waals surface area contributed by atoms with E-state index in [-0.39, 0.29) is 0 Å². The third-order valence-corrected chi connectivity index (χ3v) is 5.49. The third-order valence-electron chi connectivity index (χ3n) is 3.91. The molecule has 2 unspecified atom stereocenters. The number of nitrogens with zero attached hydrogens (tertiary/aromatic N) is 2. The van der Waals surface area contributed by atoms with Crippen molar-refractivity contribution in [2.75, 3.05) is 11.2 Å². The lowest BCUT2D eigenvalue weighted by Crippen LogP contribution is -2.25. The second-order valence-corrected chi connectivity index (χ2v) is 6.53. The number of alkyl halides is 1. The van der Waals surface area contributed by atoms with E-state index in [4.69, 9.17) is 11.6 Å². The fraction of sp³-hybridized carbons (Fsp3) is 0.571. The highest BCUT2D eigenvalue weighted by atomic mass is 35.5. The summed E-state index contributed by atoms with van der Waals surface area (Å²) in [6.45, 7) is 2.17. The average molecular weight is 296 g/mol. The minimum atomic E-state index is 0.459. The smallest absolute Gasteiger partial charge is 0.138 e. The first-order valence-corrected chi connectivity index (χ1v) is 8.22. The maximum Gasteiger partial charge on any atom is 0.138 e. The van der Waals surface area contributed by atoms with E-state index in [9.17, 15) is 0 Å². The molecule has 0 amide bonds. The van der Waals surface area contributed by atoms with Crippen molar-refractivity contribution < 1.29 is 0 Å². The first-order chi connectivity index (χ1) is 9.31. The van der Waals surface area contributed by atoms with Gasteiger partial charge in [-0.1, -0.05) is 13.3 Å². The van der Waals surface area contributed by atoms with Crippen LogP contribution in [0, 0.1) is 5.92 Å². The first kappa shape index (κ1) is 13.1. The number of anilines is 1. The van der Waals surface area contributed by atoms with E-state index in [1.807, 2.05) is 0 Å². The van der Waals surface area contributed by atoms with Gasteiger partial charge in [0.25, 0.3) is 0 Å². The van der Waals surface area contributed by atoms with Crippen LogP contribution in [0.2, 0.25) is 0 Å². The number of aromatic nitrogens is 2. The van der Waals surface area contributed by atoms with Crippen LogP contribution < -0.4 is 5.32 Å². The zero-order chi connectivity index (χ0) is 13.2. The largest absolute Gasteiger partial charge is 0.366 e. The van der Waals surface area contributed by atoms with Crippen LogP contribution in [0.15, 0.2) is 12.4 Å². The summed E-state index contributed by atoms with van der Waals surface area (Å²) in [5.74, 6) is 2.27. The Hall–Kier alpha value is -0.870. The SMILES string of the molecule is CCc1cc2c(NC3CCCC3CCl)ncnc2s1. The molecular formula is C14H18ClN3S. The number of fused-ring (bicyclic) bond motifs is 1. The Morgan fingerprint density at radius 2 is 2.32 bits per heavy atom. The molecule has 102 valence electrons. The van der Waals surface area contributed by atoms with Crippen molar-refractivity contribution in [1.82, 2.24) is 9.97 Å². The summed E-state index contributed by atoms with van der Waals surface area (Å²) in [4.78, 5) is 11.2. The van der Waals surface area contributed by atoms with Crippen LogP contribution in [-0.2, 0) is 6.42 Å². The molecule has 0 radical (unpaired) electrons. The van der Waals surface area contributed by atoms with Gasteiger partial charge in [0.2, 0.25) is 0 Å². The molecule has 1 aliphatic carbocycles. The molecule has 0 aliphatic heterocycles. The van der Waals surface area contributed by atoms with Gasteiger partial charge in [-0.05, 0) is 31.2 Å². The number of halogens is 1. The number of nitrogens with one attached hydrogen (secondary N) is 1. The number of hydrogen-bond donors (Lipinski definition) is 1. The van der Waals surface area contributed by atoms with Crippen molar-refractivity contribution in [1.29, 1.82) is 0 Å². The second-order valence-electron chi connectivity index (χ2n) is 5.10. The second kappa shape index (κ2) is 5.63. The summed E-state index contributed by atoms with van der Waals surface area (Å²) in [5.41, 5.74) is 0. The van der Waals surface area contributed by atoms with E-state index in [0.717, 1.165) is 28.3 Å². The molecule has 3 nitrogen and oxygen atoms in total. The molecule has 0 bridgehead atoms. The summed E-state index contributed by atoms with van der Waals surface area (Å²) in [7, 11) is 0. The van der Waals surface area contributed by atoms with Gasteiger partial charge in [0, 0.05) is 16.8 Å². The first-order valence-electron chi connectivity index (χ1n) is 6.87. The Kier molecular flexibility index (Phi) is 3.89. The van der Waals surface area contributed by atoms with Gasteiger partial charge in [-0.25, -0.2) is 9.97 Å². The Morgan fingerprint density at radius 1 is 1.42 bits per heavy atom. The molecule has 1 N–H and O–H groups in total. The van der Waals surface area contributed by atoms with Crippen LogP contribution >= 0.6 is 22.9 Å². The van der Waals surface area contributed by atoms with E-state index < -0.39 is 0 Å². The van der Waals surface area contributed by atoms with Crippen LogP contribution in [0.3, 0.4) is 0 Å². The van der Waals surface area contributed by atoms with Crippen molar-refractivity contribution in [2.24, 2.45) is 5.92 Å². The summed E-state index contributed by atoms with van der Waals surface area (Å²) < 4.78 is 0. The van der Waals surface area contributed by atoms with Crippen molar-refractivity contribution in [3.05, 3.63) is 17.3 Å². The molecule has 0 aromatic carbocycles. The number of aryl methyl sites for hydroxylation is 1. The van der Waals surface area contributed by atoms with E-state index in [1.165, 1.54) is 24.1 Å². The maximum atomic E-state index is 6.04. The van der Waals surface area contributed by atoms with Crippen LogP contribution in [0.1, 0.15) is 31.1 Å².